The molecule has 0 saturated heterocycles. The molecule has 4 nitrogen and oxygen atoms in total. The van der Waals surface area contributed by atoms with Gasteiger partial charge in [-0.25, -0.2) is 4.79 Å². The molecule has 1 rings (SSSR count). The molecule has 0 N–H and O–H groups in total. The number of carbonyl (C=O) groups excluding carboxylic acids is 1. The van der Waals surface area contributed by atoms with Crippen LogP contribution in [0.5, 0.6) is 0 Å². The minimum absolute atomic E-state index is 0.0560. The predicted molar refractivity (Wildman–Crippen MR) is 82.1 cm³/mol. The molecule has 0 saturated carbocycles. The number of alkyl halides is 3. The van der Waals surface area contributed by atoms with E-state index in [1.165, 1.54) is 12.1 Å². The van der Waals surface area contributed by atoms with Crippen molar-refractivity contribution in [1.29, 1.82) is 0 Å². The van der Waals surface area contributed by atoms with E-state index < -0.39 is 10.4 Å². The molecule has 0 radical (unpaired) electrons. The molecular formula is C10H6Cl6N2O2. The Balaban J connectivity index is 2.94. The van der Waals surface area contributed by atoms with E-state index in [2.05, 4.69) is 15.0 Å². The van der Waals surface area contributed by atoms with Gasteiger partial charge in [-0.1, -0.05) is 58.0 Å². The number of halogens is 6. The van der Waals surface area contributed by atoms with Crippen LogP contribution < -0.4 is 0 Å². The highest BCUT2D eigenvalue weighted by Gasteiger charge is 2.36. The van der Waals surface area contributed by atoms with Crippen LogP contribution in [-0.4, -0.2) is 22.9 Å². The van der Waals surface area contributed by atoms with E-state index in [1.54, 1.807) is 0 Å². The third kappa shape index (κ3) is 5.10. The fourth-order valence-electron chi connectivity index (χ4n) is 1.00. The lowest BCUT2D eigenvalue weighted by atomic mass is 10.3. The molecule has 0 spiro atoms. The largest absolute Gasteiger partial charge is 0.461 e. The van der Waals surface area contributed by atoms with Crippen LogP contribution in [0.4, 0.5) is 5.69 Å². The van der Waals surface area contributed by atoms with Crippen LogP contribution in [0.3, 0.4) is 0 Å². The Morgan fingerprint density at radius 3 is 2.25 bits per heavy atom. The first-order chi connectivity index (χ1) is 9.27. The summed E-state index contributed by atoms with van der Waals surface area (Å²) in [5.74, 6) is -0.909. The van der Waals surface area contributed by atoms with E-state index in [0.717, 1.165) is 0 Å². The van der Waals surface area contributed by atoms with Gasteiger partial charge in [-0.15, -0.1) is 21.8 Å². The minimum Gasteiger partial charge on any atom is -0.461 e. The Hall–Kier alpha value is 0.0300. The zero-order valence-electron chi connectivity index (χ0n) is 9.55. The van der Waals surface area contributed by atoms with E-state index in [4.69, 9.17) is 69.6 Å². The molecule has 10 heteroatoms. The van der Waals surface area contributed by atoms with Gasteiger partial charge < -0.3 is 4.74 Å². The van der Waals surface area contributed by atoms with Gasteiger partial charge in [-0.3, -0.25) is 0 Å². The van der Waals surface area contributed by atoms with Crippen LogP contribution >= 0.6 is 69.6 Å². The number of carbonyl (C=O) groups is 1. The first kappa shape index (κ1) is 18.1. The van der Waals surface area contributed by atoms with E-state index in [0.29, 0.717) is 5.02 Å². The number of ether oxygens (including phenoxy) is 1. The summed E-state index contributed by atoms with van der Waals surface area (Å²) in [6.07, 6.45) is 0. The first-order valence-electron chi connectivity index (χ1n) is 4.96. The molecule has 20 heavy (non-hydrogen) atoms. The van der Waals surface area contributed by atoms with Crippen LogP contribution in [0.2, 0.25) is 15.1 Å². The van der Waals surface area contributed by atoms with Crippen LogP contribution in [0.1, 0.15) is 0 Å². The van der Waals surface area contributed by atoms with Crippen molar-refractivity contribution >= 4 is 81.3 Å². The minimum atomic E-state index is -2.22. The summed E-state index contributed by atoms with van der Waals surface area (Å²) in [5.41, 5.74) is 0.0774. The van der Waals surface area contributed by atoms with E-state index in [1.807, 2.05) is 0 Å². The number of nitrogens with zero attached hydrogens (tertiary/aromatic N) is 2. The highest BCUT2D eigenvalue weighted by Crippen LogP contribution is 2.37. The summed E-state index contributed by atoms with van der Waals surface area (Å²) >= 11 is 34.2. The molecule has 0 heterocycles. The molecule has 0 fully saturated rings. The zero-order valence-corrected chi connectivity index (χ0v) is 14.1. The third-order valence-corrected chi connectivity index (χ3v) is 3.22. The summed E-state index contributed by atoms with van der Waals surface area (Å²) in [6, 6.07) is 2.80. The van der Waals surface area contributed by atoms with Gasteiger partial charge in [0.05, 0.1) is 15.9 Å². The summed E-state index contributed by atoms with van der Waals surface area (Å²) in [6.45, 7) is -0.0560. The quantitative estimate of drug-likeness (QED) is 0.279. The Kier molecular flexibility index (Phi) is 7.12. The Morgan fingerprint density at radius 2 is 1.75 bits per heavy atom. The zero-order chi connectivity index (χ0) is 15.3. The lowest BCUT2D eigenvalue weighted by Gasteiger charge is -2.11. The molecule has 0 bridgehead atoms. The number of azo groups is 1. The van der Waals surface area contributed by atoms with Gasteiger partial charge in [-0.2, -0.15) is 0 Å². The highest BCUT2D eigenvalue weighted by molar-refractivity contribution is 6.57. The van der Waals surface area contributed by atoms with Gasteiger partial charge in [0.1, 0.15) is 12.3 Å². The van der Waals surface area contributed by atoms with Gasteiger partial charge >= 0.3 is 10.4 Å². The molecule has 0 aliphatic carbocycles. The standard InChI is InChI=1S/C10H6Cl6N2O2/c11-1-2-20-9(19)10(15,16)18-17-8-6(13)3-5(12)4-7(8)14/h3-4H,1-2H2. The number of hydrogen-bond donors (Lipinski definition) is 0. The Bertz CT molecular complexity index is 511. The third-order valence-electron chi connectivity index (χ3n) is 1.81. The molecule has 0 atom stereocenters. The maximum Gasteiger partial charge on any atom is 0.367 e. The van der Waals surface area contributed by atoms with Crippen LogP contribution in [-0.2, 0) is 9.53 Å². The molecular weight excluding hydrogens is 393 g/mol. The molecule has 0 aromatic heterocycles. The monoisotopic (exact) mass is 396 g/mol. The van der Waals surface area contributed by atoms with Crippen LogP contribution in [0.15, 0.2) is 22.4 Å². The second-order valence-electron chi connectivity index (χ2n) is 3.28. The average Bonchev–Trinajstić information content (AvgIpc) is 2.34. The maximum absolute atomic E-state index is 11.5. The van der Waals surface area contributed by atoms with Gasteiger partial charge in [-0.05, 0) is 12.1 Å². The second kappa shape index (κ2) is 7.87. The van der Waals surface area contributed by atoms with Crippen LogP contribution in [0, 0.1) is 0 Å². The molecule has 1 aromatic carbocycles. The van der Waals surface area contributed by atoms with Crippen molar-refractivity contribution in [1.82, 2.24) is 0 Å². The van der Waals surface area contributed by atoms with E-state index >= 15 is 0 Å². The van der Waals surface area contributed by atoms with Crippen molar-refractivity contribution < 1.29 is 9.53 Å². The number of benzene rings is 1. The summed E-state index contributed by atoms with van der Waals surface area (Å²) in [5, 5.41) is 7.69. The number of esters is 1. The molecule has 110 valence electrons. The van der Waals surface area contributed by atoms with Crippen molar-refractivity contribution in [2.45, 2.75) is 4.46 Å². The van der Waals surface area contributed by atoms with Gasteiger partial charge in [0.15, 0.2) is 0 Å². The van der Waals surface area contributed by atoms with Crippen molar-refractivity contribution in [3.8, 4) is 0 Å². The van der Waals surface area contributed by atoms with Crippen molar-refractivity contribution in [2.24, 2.45) is 10.2 Å². The van der Waals surface area contributed by atoms with E-state index in [-0.39, 0.29) is 28.2 Å². The average molecular weight is 399 g/mol. The summed E-state index contributed by atoms with van der Waals surface area (Å²) < 4.78 is 2.42. The van der Waals surface area contributed by atoms with Crippen molar-refractivity contribution in [3.05, 3.63) is 27.2 Å². The molecule has 0 unspecified atom stereocenters. The Morgan fingerprint density at radius 1 is 1.20 bits per heavy atom. The molecule has 0 amide bonds. The van der Waals surface area contributed by atoms with E-state index in [9.17, 15) is 4.79 Å². The summed E-state index contributed by atoms with van der Waals surface area (Å²) in [4.78, 5) is 11.5. The fraction of sp³-hybridized carbons (Fsp3) is 0.300. The predicted octanol–water partition coefficient (Wildman–Crippen LogP) is 5.64. The fourth-order valence-corrected chi connectivity index (χ4v) is 2.16. The number of hydrogen-bond acceptors (Lipinski definition) is 4. The summed E-state index contributed by atoms with van der Waals surface area (Å²) in [7, 11) is 0. The van der Waals surface area contributed by atoms with Gasteiger partial charge in [0.2, 0.25) is 0 Å². The Labute approximate surface area is 144 Å². The molecule has 0 aliphatic heterocycles. The second-order valence-corrected chi connectivity index (χ2v) is 6.20. The maximum atomic E-state index is 11.5. The van der Waals surface area contributed by atoms with Crippen LogP contribution in [0.25, 0.3) is 0 Å². The smallest absolute Gasteiger partial charge is 0.367 e. The molecule has 0 aliphatic rings. The van der Waals surface area contributed by atoms with Gasteiger partial charge in [0, 0.05) is 5.02 Å². The normalized spacial score (nSPS) is 11.9. The van der Waals surface area contributed by atoms with Crippen molar-refractivity contribution in [3.63, 3.8) is 0 Å². The lowest BCUT2D eigenvalue weighted by Crippen LogP contribution is -2.26. The van der Waals surface area contributed by atoms with Gasteiger partial charge in [0.25, 0.3) is 0 Å². The van der Waals surface area contributed by atoms with Crippen molar-refractivity contribution in [2.75, 3.05) is 12.5 Å². The number of rotatable bonds is 5. The highest BCUT2D eigenvalue weighted by atomic mass is 35.5. The topological polar surface area (TPSA) is 51.0 Å². The lowest BCUT2D eigenvalue weighted by molar-refractivity contribution is -0.143. The SMILES string of the molecule is O=C(OCCCl)C(Cl)(Cl)N=Nc1c(Cl)cc(Cl)cc1Cl. The first-order valence-corrected chi connectivity index (χ1v) is 7.39. The molecule has 1 aromatic rings.